The van der Waals surface area contributed by atoms with Gasteiger partial charge in [-0.15, -0.1) is 0 Å². The number of nitrogen functional groups attached to an aromatic ring is 1. The zero-order valence-corrected chi connectivity index (χ0v) is 15.3. The number of hydrogen-bond acceptors (Lipinski definition) is 8. The molecule has 9 heteroatoms. The Kier molecular flexibility index (Phi) is 7.05. The van der Waals surface area contributed by atoms with Crippen LogP contribution < -0.4 is 20.5 Å². The molecule has 136 valence electrons. The minimum Gasteiger partial charge on any atom is -0.490 e. The largest absolute Gasteiger partial charge is 0.490 e. The minimum absolute atomic E-state index is 0.0956. The molecule has 1 amide bonds. The lowest BCUT2D eigenvalue weighted by molar-refractivity contribution is -0.113. The smallest absolute Gasteiger partial charge is 0.234 e. The monoisotopic (exact) mass is 373 g/mol. The Bertz CT molecular complexity index is 823. The first-order chi connectivity index (χ1) is 12.6. The molecule has 1 heterocycles. The number of aromatic nitrogens is 2. The Balaban J connectivity index is 1.98. The third kappa shape index (κ3) is 5.26. The van der Waals surface area contributed by atoms with Crippen molar-refractivity contribution >= 4 is 29.2 Å². The van der Waals surface area contributed by atoms with Crippen LogP contribution in [0.5, 0.6) is 11.5 Å². The first-order valence-corrected chi connectivity index (χ1v) is 8.90. The third-order valence-corrected chi connectivity index (χ3v) is 3.94. The normalized spacial score (nSPS) is 10.0. The molecule has 0 aliphatic rings. The topological polar surface area (TPSA) is 123 Å². The van der Waals surface area contributed by atoms with E-state index in [1.54, 1.807) is 18.2 Å². The van der Waals surface area contributed by atoms with E-state index in [-0.39, 0.29) is 23.0 Å². The average molecular weight is 373 g/mol. The van der Waals surface area contributed by atoms with Crippen LogP contribution in [0.4, 0.5) is 11.5 Å². The van der Waals surface area contributed by atoms with Gasteiger partial charge in [-0.2, -0.15) is 5.26 Å². The van der Waals surface area contributed by atoms with Crippen LogP contribution in [0.3, 0.4) is 0 Å². The van der Waals surface area contributed by atoms with E-state index in [4.69, 9.17) is 20.5 Å². The van der Waals surface area contributed by atoms with Gasteiger partial charge in [-0.3, -0.25) is 4.79 Å². The molecule has 2 rings (SSSR count). The highest BCUT2D eigenvalue weighted by molar-refractivity contribution is 7.99. The molecule has 26 heavy (non-hydrogen) atoms. The molecular formula is C17H19N5O3S. The Labute approximate surface area is 155 Å². The number of benzene rings is 1. The summed E-state index contributed by atoms with van der Waals surface area (Å²) in [7, 11) is 0. The van der Waals surface area contributed by atoms with E-state index in [1.165, 1.54) is 6.20 Å². The molecule has 0 fully saturated rings. The third-order valence-electron chi connectivity index (χ3n) is 3.08. The van der Waals surface area contributed by atoms with Crippen LogP contribution >= 0.6 is 11.8 Å². The second-order valence-corrected chi connectivity index (χ2v) is 5.87. The fourth-order valence-corrected chi connectivity index (χ4v) is 2.61. The molecule has 0 saturated carbocycles. The summed E-state index contributed by atoms with van der Waals surface area (Å²) in [5, 5.41) is 11.9. The summed E-state index contributed by atoms with van der Waals surface area (Å²) in [6, 6.07) is 7.10. The highest BCUT2D eigenvalue weighted by Crippen LogP contribution is 2.30. The average Bonchev–Trinajstić information content (AvgIpc) is 2.62. The molecule has 1 aromatic heterocycles. The number of nitrogens with zero attached hydrogens (tertiary/aromatic N) is 3. The van der Waals surface area contributed by atoms with Crippen molar-refractivity contribution in [3.63, 3.8) is 0 Å². The van der Waals surface area contributed by atoms with Crippen molar-refractivity contribution < 1.29 is 14.3 Å². The molecule has 2 aromatic rings. The lowest BCUT2D eigenvalue weighted by Gasteiger charge is -2.13. The molecule has 0 unspecified atom stereocenters. The summed E-state index contributed by atoms with van der Waals surface area (Å²) < 4.78 is 11.0. The Morgan fingerprint density at radius 1 is 1.31 bits per heavy atom. The number of nitrogens with one attached hydrogen (secondary N) is 1. The van der Waals surface area contributed by atoms with Crippen molar-refractivity contribution in [1.82, 2.24) is 9.97 Å². The molecule has 1 aromatic carbocycles. The summed E-state index contributed by atoms with van der Waals surface area (Å²) in [5.41, 5.74) is 6.44. The number of thioether (sulfide) groups is 1. The van der Waals surface area contributed by atoms with Crippen LogP contribution in [0.2, 0.25) is 0 Å². The molecule has 3 N–H and O–H groups in total. The van der Waals surface area contributed by atoms with Crippen LogP contribution in [0, 0.1) is 11.3 Å². The molecule has 0 spiro atoms. The Morgan fingerprint density at radius 3 is 2.69 bits per heavy atom. The number of nitrogens with two attached hydrogens (primary N) is 1. The maximum absolute atomic E-state index is 12.1. The van der Waals surface area contributed by atoms with Crippen LogP contribution in [0.25, 0.3) is 0 Å². The molecule has 0 atom stereocenters. The Hall–Kier alpha value is -2.99. The van der Waals surface area contributed by atoms with E-state index in [2.05, 4.69) is 15.3 Å². The van der Waals surface area contributed by atoms with E-state index in [9.17, 15) is 4.79 Å². The molecule has 8 nitrogen and oxygen atoms in total. The van der Waals surface area contributed by atoms with Gasteiger partial charge < -0.3 is 20.5 Å². The van der Waals surface area contributed by atoms with Crippen molar-refractivity contribution in [3.05, 3.63) is 30.0 Å². The molecule has 0 saturated heterocycles. The van der Waals surface area contributed by atoms with Crippen LogP contribution in [-0.2, 0) is 4.79 Å². The summed E-state index contributed by atoms with van der Waals surface area (Å²) in [4.78, 5) is 20.1. The van der Waals surface area contributed by atoms with Crippen molar-refractivity contribution in [2.45, 2.75) is 19.0 Å². The lowest BCUT2D eigenvalue weighted by Crippen LogP contribution is -2.14. The minimum atomic E-state index is -0.229. The van der Waals surface area contributed by atoms with Crippen molar-refractivity contribution in [2.24, 2.45) is 0 Å². The summed E-state index contributed by atoms with van der Waals surface area (Å²) in [6.45, 7) is 4.78. The first kappa shape index (κ1) is 19.3. The van der Waals surface area contributed by atoms with Crippen molar-refractivity contribution in [2.75, 3.05) is 30.0 Å². The van der Waals surface area contributed by atoms with Gasteiger partial charge in [0.1, 0.15) is 17.5 Å². The van der Waals surface area contributed by atoms with E-state index in [0.29, 0.717) is 35.6 Å². The number of carbonyl (C=O) groups excluding carboxylic acids is 1. The molecule has 0 aliphatic carbocycles. The molecule has 0 bridgehead atoms. The van der Waals surface area contributed by atoms with Crippen LogP contribution in [0.15, 0.2) is 29.6 Å². The van der Waals surface area contributed by atoms with Crippen LogP contribution in [-0.4, -0.2) is 34.8 Å². The number of ether oxygens (including phenoxy) is 2. The number of amides is 1. The zero-order valence-electron chi connectivity index (χ0n) is 14.5. The maximum Gasteiger partial charge on any atom is 0.234 e. The number of carbonyl (C=O) groups is 1. The van der Waals surface area contributed by atoms with Gasteiger partial charge in [0, 0.05) is 11.8 Å². The standard InChI is InChI=1S/C17H19N5O3S/c1-3-24-13-6-5-12(7-14(13)25-4-2)21-15(23)10-26-17-20-9-11(8-18)16(19)22-17/h5-7,9H,3-4,10H2,1-2H3,(H,21,23)(H2,19,20,22). The van der Waals surface area contributed by atoms with E-state index >= 15 is 0 Å². The maximum atomic E-state index is 12.1. The predicted molar refractivity (Wildman–Crippen MR) is 99.3 cm³/mol. The highest BCUT2D eigenvalue weighted by atomic mass is 32.2. The summed E-state index contributed by atoms with van der Waals surface area (Å²) >= 11 is 1.13. The van der Waals surface area contributed by atoms with Crippen molar-refractivity contribution in [1.29, 1.82) is 5.26 Å². The van der Waals surface area contributed by atoms with E-state index in [0.717, 1.165) is 11.8 Å². The van der Waals surface area contributed by atoms with Gasteiger partial charge in [0.05, 0.1) is 25.2 Å². The second kappa shape index (κ2) is 9.48. The van der Waals surface area contributed by atoms with Gasteiger partial charge in [0.2, 0.25) is 5.91 Å². The summed E-state index contributed by atoms with van der Waals surface area (Å²) in [5.74, 6) is 1.17. The molecule has 0 radical (unpaired) electrons. The molecular weight excluding hydrogens is 354 g/mol. The predicted octanol–water partition coefficient (Wildman–Crippen LogP) is 2.46. The molecule has 0 aliphatic heterocycles. The SMILES string of the molecule is CCOc1ccc(NC(=O)CSc2ncc(C#N)c(N)n2)cc1OCC. The van der Waals surface area contributed by atoms with Gasteiger partial charge >= 0.3 is 0 Å². The summed E-state index contributed by atoms with van der Waals surface area (Å²) in [6.07, 6.45) is 1.34. The first-order valence-electron chi connectivity index (χ1n) is 7.92. The van der Waals surface area contributed by atoms with E-state index in [1.807, 2.05) is 19.9 Å². The fraction of sp³-hybridized carbons (Fsp3) is 0.294. The van der Waals surface area contributed by atoms with Gasteiger partial charge in [0.25, 0.3) is 0 Å². The number of hydrogen-bond donors (Lipinski definition) is 2. The second-order valence-electron chi connectivity index (χ2n) is 4.93. The van der Waals surface area contributed by atoms with Gasteiger partial charge in [0.15, 0.2) is 16.7 Å². The van der Waals surface area contributed by atoms with Crippen LogP contribution in [0.1, 0.15) is 19.4 Å². The van der Waals surface area contributed by atoms with Gasteiger partial charge in [-0.25, -0.2) is 9.97 Å². The quantitative estimate of drug-likeness (QED) is 0.534. The van der Waals surface area contributed by atoms with Gasteiger partial charge in [-0.05, 0) is 26.0 Å². The highest BCUT2D eigenvalue weighted by Gasteiger charge is 2.10. The van der Waals surface area contributed by atoms with E-state index < -0.39 is 0 Å². The van der Waals surface area contributed by atoms with Gasteiger partial charge in [-0.1, -0.05) is 11.8 Å². The zero-order chi connectivity index (χ0) is 18.9. The van der Waals surface area contributed by atoms with Crippen molar-refractivity contribution in [3.8, 4) is 17.6 Å². The number of anilines is 2. The lowest BCUT2D eigenvalue weighted by atomic mass is 10.2. The number of rotatable bonds is 8. The fourth-order valence-electron chi connectivity index (χ4n) is 1.99. The number of nitriles is 1. The Morgan fingerprint density at radius 2 is 2.04 bits per heavy atom.